The van der Waals surface area contributed by atoms with Gasteiger partial charge >= 0.3 is 6.18 Å². The Morgan fingerprint density at radius 1 is 1.38 bits per heavy atom. The quantitative estimate of drug-likeness (QED) is 0.827. The Morgan fingerprint density at radius 3 is 2.31 bits per heavy atom. The standard InChI is InChI=1S/C10H12F3NO2/c1-5(14)6-3-7(10(11,12)13)9(15)8(4-6)16-2/h3-5,15H,14H2,1-2H3. The lowest BCUT2D eigenvalue weighted by Crippen LogP contribution is -2.11. The van der Waals surface area contributed by atoms with Gasteiger partial charge in [0.05, 0.1) is 7.11 Å². The third-order valence-corrected chi connectivity index (χ3v) is 2.15. The van der Waals surface area contributed by atoms with Gasteiger partial charge in [0.1, 0.15) is 5.56 Å². The minimum absolute atomic E-state index is 0.234. The molecule has 1 atom stereocenters. The zero-order chi connectivity index (χ0) is 12.5. The van der Waals surface area contributed by atoms with Crippen LogP contribution in [0.1, 0.15) is 24.1 Å². The Labute approximate surface area is 90.6 Å². The predicted octanol–water partition coefficient (Wildman–Crippen LogP) is 2.44. The zero-order valence-corrected chi connectivity index (χ0v) is 8.80. The van der Waals surface area contributed by atoms with E-state index in [1.807, 2.05) is 0 Å². The summed E-state index contributed by atoms with van der Waals surface area (Å²) in [5.74, 6) is -1.15. The number of alkyl halides is 3. The maximum atomic E-state index is 12.6. The van der Waals surface area contributed by atoms with Crippen LogP contribution in [0.15, 0.2) is 12.1 Å². The number of hydrogen-bond acceptors (Lipinski definition) is 3. The summed E-state index contributed by atoms with van der Waals surface area (Å²) in [7, 11) is 1.18. The Bertz CT molecular complexity index is 388. The average molecular weight is 235 g/mol. The number of methoxy groups -OCH3 is 1. The fraction of sp³-hybridized carbons (Fsp3) is 0.400. The molecule has 3 N–H and O–H groups in total. The van der Waals surface area contributed by atoms with Crippen LogP contribution in [0.4, 0.5) is 13.2 Å². The number of aromatic hydroxyl groups is 1. The molecule has 0 aliphatic heterocycles. The first kappa shape index (κ1) is 12.6. The molecule has 0 aliphatic carbocycles. The van der Waals surface area contributed by atoms with Crippen molar-refractivity contribution in [1.29, 1.82) is 0 Å². The molecule has 6 heteroatoms. The second kappa shape index (κ2) is 4.21. The van der Waals surface area contributed by atoms with Crippen molar-refractivity contribution in [2.24, 2.45) is 5.73 Å². The highest BCUT2D eigenvalue weighted by atomic mass is 19.4. The number of halogens is 3. The molecule has 90 valence electrons. The molecule has 1 aromatic carbocycles. The predicted molar refractivity (Wildman–Crippen MR) is 52.3 cm³/mol. The molecule has 16 heavy (non-hydrogen) atoms. The number of ether oxygens (including phenoxy) is 1. The summed E-state index contributed by atoms with van der Waals surface area (Å²) in [6.45, 7) is 1.55. The molecular formula is C10H12F3NO2. The Hall–Kier alpha value is -1.43. The van der Waals surface area contributed by atoms with Crippen molar-refractivity contribution in [3.8, 4) is 11.5 Å². The molecule has 0 aromatic heterocycles. The van der Waals surface area contributed by atoms with Crippen molar-refractivity contribution < 1.29 is 23.0 Å². The van der Waals surface area contributed by atoms with Gasteiger partial charge in [-0.3, -0.25) is 0 Å². The summed E-state index contributed by atoms with van der Waals surface area (Å²) in [5, 5.41) is 9.34. The van der Waals surface area contributed by atoms with Gasteiger partial charge in [0.2, 0.25) is 0 Å². The van der Waals surface area contributed by atoms with E-state index in [0.29, 0.717) is 0 Å². The van der Waals surface area contributed by atoms with Crippen LogP contribution in [-0.2, 0) is 6.18 Å². The highest BCUT2D eigenvalue weighted by Gasteiger charge is 2.36. The molecule has 0 amide bonds. The molecule has 0 heterocycles. The molecular weight excluding hydrogens is 223 g/mol. The summed E-state index contributed by atoms with van der Waals surface area (Å²) >= 11 is 0. The van der Waals surface area contributed by atoms with Crippen molar-refractivity contribution in [2.75, 3.05) is 7.11 Å². The van der Waals surface area contributed by atoms with Crippen molar-refractivity contribution >= 4 is 0 Å². The van der Waals surface area contributed by atoms with E-state index in [1.165, 1.54) is 13.2 Å². The number of hydrogen-bond donors (Lipinski definition) is 2. The first-order valence-corrected chi connectivity index (χ1v) is 4.51. The third kappa shape index (κ3) is 2.38. The monoisotopic (exact) mass is 235 g/mol. The van der Waals surface area contributed by atoms with Crippen LogP contribution in [0.5, 0.6) is 11.5 Å². The van der Waals surface area contributed by atoms with E-state index in [1.54, 1.807) is 6.92 Å². The largest absolute Gasteiger partial charge is 0.504 e. The summed E-state index contributed by atoms with van der Waals surface area (Å²) < 4.78 is 42.3. The normalized spacial score (nSPS) is 13.6. The molecule has 1 unspecified atom stereocenters. The molecule has 3 nitrogen and oxygen atoms in total. The number of phenols is 1. The zero-order valence-electron chi connectivity index (χ0n) is 8.80. The van der Waals surface area contributed by atoms with Gasteiger partial charge in [0, 0.05) is 6.04 Å². The smallest absolute Gasteiger partial charge is 0.420 e. The first-order chi connectivity index (χ1) is 7.27. The second-order valence-corrected chi connectivity index (χ2v) is 3.41. The van der Waals surface area contributed by atoms with Crippen LogP contribution in [0.25, 0.3) is 0 Å². The van der Waals surface area contributed by atoms with Gasteiger partial charge in [-0.2, -0.15) is 13.2 Å². The molecule has 1 aromatic rings. The molecule has 0 bridgehead atoms. The molecule has 1 rings (SSSR count). The van der Waals surface area contributed by atoms with Crippen LogP contribution in [0, 0.1) is 0 Å². The third-order valence-electron chi connectivity index (χ3n) is 2.15. The lowest BCUT2D eigenvalue weighted by molar-refractivity contribution is -0.138. The fourth-order valence-electron chi connectivity index (χ4n) is 1.26. The lowest BCUT2D eigenvalue weighted by atomic mass is 10.0. The Kier molecular flexibility index (Phi) is 3.32. The van der Waals surface area contributed by atoms with Crippen LogP contribution in [-0.4, -0.2) is 12.2 Å². The second-order valence-electron chi connectivity index (χ2n) is 3.41. The van der Waals surface area contributed by atoms with Crippen molar-refractivity contribution in [3.05, 3.63) is 23.3 Å². The Morgan fingerprint density at radius 2 is 1.94 bits per heavy atom. The van der Waals surface area contributed by atoms with E-state index in [9.17, 15) is 18.3 Å². The van der Waals surface area contributed by atoms with E-state index in [0.717, 1.165) is 6.07 Å². The summed E-state index contributed by atoms with van der Waals surface area (Å²) in [6, 6.07) is 1.54. The van der Waals surface area contributed by atoms with Crippen molar-refractivity contribution in [1.82, 2.24) is 0 Å². The minimum Gasteiger partial charge on any atom is -0.504 e. The summed E-state index contributed by atoms with van der Waals surface area (Å²) in [5.41, 5.74) is 4.61. The summed E-state index contributed by atoms with van der Waals surface area (Å²) in [6.07, 6.45) is -4.64. The van der Waals surface area contributed by atoms with Crippen LogP contribution < -0.4 is 10.5 Å². The van der Waals surface area contributed by atoms with Gasteiger partial charge in [-0.15, -0.1) is 0 Å². The van der Waals surface area contributed by atoms with E-state index < -0.39 is 23.5 Å². The van der Waals surface area contributed by atoms with Gasteiger partial charge in [0.15, 0.2) is 11.5 Å². The van der Waals surface area contributed by atoms with Gasteiger partial charge < -0.3 is 15.6 Å². The van der Waals surface area contributed by atoms with E-state index >= 15 is 0 Å². The van der Waals surface area contributed by atoms with Gasteiger partial charge in [-0.05, 0) is 24.6 Å². The molecule has 0 saturated carbocycles. The van der Waals surface area contributed by atoms with Crippen LogP contribution >= 0.6 is 0 Å². The van der Waals surface area contributed by atoms with Crippen molar-refractivity contribution in [2.45, 2.75) is 19.1 Å². The topological polar surface area (TPSA) is 55.5 Å². The lowest BCUT2D eigenvalue weighted by Gasteiger charge is -2.15. The van der Waals surface area contributed by atoms with Crippen LogP contribution in [0.2, 0.25) is 0 Å². The van der Waals surface area contributed by atoms with E-state index in [2.05, 4.69) is 4.74 Å². The minimum atomic E-state index is -4.64. The summed E-state index contributed by atoms with van der Waals surface area (Å²) in [4.78, 5) is 0. The average Bonchev–Trinajstić information content (AvgIpc) is 2.15. The molecule has 0 fully saturated rings. The molecule has 0 spiro atoms. The maximum Gasteiger partial charge on any atom is 0.420 e. The SMILES string of the molecule is COc1cc(C(C)N)cc(C(F)(F)F)c1O. The fourth-order valence-corrected chi connectivity index (χ4v) is 1.26. The number of rotatable bonds is 2. The van der Waals surface area contributed by atoms with Crippen molar-refractivity contribution in [3.63, 3.8) is 0 Å². The van der Waals surface area contributed by atoms with Crippen LogP contribution in [0.3, 0.4) is 0 Å². The first-order valence-electron chi connectivity index (χ1n) is 4.51. The molecule has 0 saturated heterocycles. The van der Waals surface area contributed by atoms with E-state index in [-0.39, 0.29) is 11.3 Å². The number of phenolic OH excluding ortho intramolecular Hbond substituents is 1. The highest BCUT2D eigenvalue weighted by Crippen LogP contribution is 2.42. The highest BCUT2D eigenvalue weighted by molar-refractivity contribution is 5.50. The maximum absolute atomic E-state index is 12.6. The molecule has 0 aliphatic rings. The number of nitrogens with two attached hydrogens (primary N) is 1. The van der Waals surface area contributed by atoms with Gasteiger partial charge in [-0.25, -0.2) is 0 Å². The molecule has 0 radical (unpaired) electrons. The number of benzene rings is 1. The van der Waals surface area contributed by atoms with Gasteiger partial charge in [0.25, 0.3) is 0 Å². The van der Waals surface area contributed by atoms with Gasteiger partial charge in [-0.1, -0.05) is 0 Å². The van der Waals surface area contributed by atoms with E-state index in [4.69, 9.17) is 5.73 Å². The Balaban J connectivity index is 3.42.